The number of unbranched alkanes of at least 4 members (excludes halogenated alkanes) is 1. The molecule has 0 atom stereocenters. The Labute approximate surface area is 94.1 Å². The molecule has 13 heavy (non-hydrogen) atoms. The smallest absolute Gasteiger partial charge is 1.00 e. The second-order valence-electron chi connectivity index (χ2n) is 3.15. The molecule has 0 aliphatic heterocycles. The molecule has 0 aromatic rings. The molecule has 0 aromatic heterocycles. The van der Waals surface area contributed by atoms with Crippen molar-refractivity contribution in [1.29, 1.82) is 0 Å². The van der Waals surface area contributed by atoms with Crippen LogP contribution in [0.3, 0.4) is 0 Å². The molecule has 0 spiro atoms. The molecule has 1 aliphatic carbocycles. The van der Waals surface area contributed by atoms with Gasteiger partial charge in [0, 0.05) is 0 Å². The van der Waals surface area contributed by atoms with Crippen LogP contribution in [0.15, 0.2) is 20.5 Å². The first-order valence-corrected chi connectivity index (χ1v) is 5.59. The Morgan fingerprint density at radius 3 is 2.38 bits per heavy atom. The first kappa shape index (κ1) is 15.7. The summed E-state index contributed by atoms with van der Waals surface area (Å²) in [4.78, 5) is 0. The van der Waals surface area contributed by atoms with Crippen LogP contribution < -0.4 is 9.41 Å². The quantitative estimate of drug-likeness (QED) is 0.522. The minimum absolute atomic E-state index is 0. The monoisotopic (exact) mass is 263 g/mol. The number of rotatable bonds is 3. The van der Waals surface area contributed by atoms with Crippen molar-refractivity contribution < 1.29 is 34.1 Å². The standard InChI is InChI=1S/C10H15.2FH.Zr/c1-3-4-7-10-8-5-6-9(10)2;;;/h6H,3-5,7H2,1-2H3;2*1H;/q;;;+2/p-2. The van der Waals surface area contributed by atoms with Crippen LogP contribution in [0.25, 0.3) is 0 Å². The SMILES string of the molecule is CCCCC1=[C]([Zr+2])CC=C1C.[F-].[F-]. The Morgan fingerprint density at radius 1 is 1.38 bits per heavy atom. The Morgan fingerprint density at radius 2 is 2.00 bits per heavy atom. The van der Waals surface area contributed by atoms with Crippen molar-refractivity contribution in [3.63, 3.8) is 0 Å². The van der Waals surface area contributed by atoms with Crippen molar-refractivity contribution in [3.8, 4) is 0 Å². The van der Waals surface area contributed by atoms with E-state index < -0.39 is 0 Å². The average Bonchev–Trinajstić information content (AvgIpc) is 2.29. The molecular weight excluding hydrogens is 249 g/mol. The molecule has 0 N–H and O–H groups in total. The van der Waals surface area contributed by atoms with Crippen molar-refractivity contribution in [2.45, 2.75) is 39.5 Å². The molecule has 0 unspecified atom stereocenters. The maximum atomic E-state index is 2.37. The van der Waals surface area contributed by atoms with Gasteiger partial charge in [0.2, 0.25) is 0 Å². The summed E-state index contributed by atoms with van der Waals surface area (Å²) < 4.78 is 1.68. The van der Waals surface area contributed by atoms with E-state index >= 15 is 0 Å². The van der Waals surface area contributed by atoms with Gasteiger partial charge in [-0.15, -0.1) is 0 Å². The summed E-state index contributed by atoms with van der Waals surface area (Å²) in [5.41, 5.74) is 3.22. The van der Waals surface area contributed by atoms with Crippen LogP contribution in [0.4, 0.5) is 0 Å². The molecule has 0 heterocycles. The first-order valence-electron chi connectivity index (χ1n) is 4.36. The van der Waals surface area contributed by atoms with Crippen molar-refractivity contribution in [2.75, 3.05) is 0 Å². The van der Waals surface area contributed by atoms with E-state index in [9.17, 15) is 0 Å². The van der Waals surface area contributed by atoms with Crippen LogP contribution in [0.1, 0.15) is 39.5 Å². The Hall–Kier alpha value is 0.223. The summed E-state index contributed by atoms with van der Waals surface area (Å²) in [5, 5.41) is 0. The van der Waals surface area contributed by atoms with E-state index in [2.05, 4.69) is 19.9 Å². The van der Waals surface area contributed by atoms with Crippen molar-refractivity contribution in [1.82, 2.24) is 0 Å². The van der Waals surface area contributed by atoms with Gasteiger partial charge in [-0.05, 0) is 0 Å². The second kappa shape index (κ2) is 7.61. The largest absolute Gasteiger partial charge is 1.00 e. The molecule has 0 bridgehead atoms. The average molecular weight is 264 g/mol. The van der Waals surface area contributed by atoms with E-state index in [1.54, 1.807) is 39.1 Å². The van der Waals surface area contributed by atoms with Gasteiger partial charge in [-0.2, -0.15) is 0 Å². The minimum atomic E-state index is 0. The van der Waals surface area contributed by atoms with Crippen LogP contribution in [-0.2, 0) is 24.7 Å². The zero-order chi connectivity index (χ0) is 8.27. The predicted molar refractivity (Wildman–Crippen MR) is 44.9 cm³/mol. The molecule has 0 saturated carbocycles. The van der Waals surface area contributed by atoms with Crippen molar-refractivity contribution in [2.24, 2.45) is 0 Å². The molecule has 0 saturated heterocycles. The van der Waals surface area contributed by atoms with Gasteiger partial charge in [-0.3, -0.25) is 0 Å². The summed E-state index contributed by atoms with van der Waals surface area (Å²) in [6, 6.07) is 0. The summed E-state index contributed by atoms with van der Waals surface area (Å²) in [7, 11) is 0. The summed E-state index contributed by atoms with van der Waals surface area (Å²) in [5.74, 6) is 0. The van der Waals surface area contributed by atoms with Crippen LogP contribution in [0.5, 0.6) is 0 Å². The van der Waals surface area contributed by atoms with E-state index in [1.165, 1.54) is 25.7 Å². The van der Waals surface area contributed by atoms with Crippen molar-refractivity contribution in [3.05, 3.63) is 20.5 Å². The van der Waals surface area contributed by atoms with E-state index in [1.807, 2.05) is 0 Å². The van der Waals surface area contributed by atoms with E-state index in [-0.39, 0.29) is 9.41 Å². The summed E-state index contributed by atoms with van der Waals surface area (Å²) >= 11 is 1.62. The number of allylic oxidation sites excluding steroid dienone is 4. The fraction of sp³-hybridized carbons (Fsp3) is 0.600. The number of hydrogen-bond donors (Lipinski definition) is 0. The van der Waals surface area contributed by atoms with Gasteiger partial charge in [-0.25, -0.2) is 0 Å². The fourth-order valence-corrected chi connectivity index (χ4v) is 2.48. The number of halogens is 2. The third kappa shape index (κ3) is 4.31. The van der Waals surface area contributed by atoms with Gasteiger partial charge < -0.3 is 9.41 Å². The molecule has 0 fully saturated rings. The zero-order valence-electron chi connectivity index (χ0n) is 8.16. The fourth-order valence-electron chi connectivity index (χ4n) is 1.44. The molecule has 0 amide bonds. The molecule has 0 aromatic carbocycles. The van der Waals surface area contributed by atoms with Gasteiger partial charge in [-0.1, -0.05) is 0 Å². The molecule has 73 valence electrons. The molecule has 0 nitrogen and oxygen atoms in total. The summed E-state index contributed by atoms with van der Waals surface area (Å²) in [6.45, 7) is 4.51. The maximum Gasteiger partial charge on any atom is -1.00 e. The molecule has 0 radical (unpaired) electrons. The van der Waals surface area contributed by atoms with Crippen LogP contribution >= 0.6 is 0 Å². The Kier molecular flexibility index (Phi) is 9.18. The van der Waals surface area contributed by atoms with Gasteiger partial charge in [0.15, 0.2) is 0 Å². The summed E-state index contributed by atoms with van der Waals surface area (Å²) in [6.07, 6.45) is 7.61. The van der Waals surface area contributed by atoms with Gasteiger partial charge in [0.05, 0.1) is 0 Å². The van der Waals surface area contributed by atoms with Gasteiger partial charge in [0.1, 0.15) is 0 Å². The van der Waals surface area contributed by atoms with E-state index in [4.69, 9.17) is 0 Å². The Balaban J connectivity index is 0. The predicted octanol–water partition coefficient (Wildman–Crippen LogP) is -2.66. The molecule has 3 heteroatoms. The Bertz CT molecular complexity index is 207. The van der Waals surface area contributed by atoms with Crippen LogP contribution in [0.2, 0.25) is 0 Å². The van der Waals surface area contributed by atoms with Crippen LogP contribution in [0, 0.1) is 0 Å². The molecule has 1 aliphatic rings. The molecule has 1 rings (SSSR count). The van der Waals surface area contributed by atoms with Crippen LogP contribution in [-0.4, -0.2) is 0 Å². The van der Waals surface area contributed by atoms with E-state index in [0.717, 1.165) is 0 Å². The third-order valence-electron chi connectivity index (χ3n) is 2.23. The first-order chi connectivity index (χ1) is 5.25. The van der Waals surface area contributed by atoms with Gasteiger partial charge >= 0.3 is 84.8 Å². The third-order valence-corrected chi connectivity index (χ3v) is 3.48. The second-order valence-corrected chi connectivity index (χ2v) is 4.64. The van der Waals surface area contributed by atoms with Gasteiger partial charge in [0.25, 0.3) is 0 Å². The van der Waals surface area contributed by atoms with E-state index in [0.29, 0.717) is 0 Å². The molecular formula is C10H15F2Zr. The normalized spacial score (nSPS) is 14.9. The minimum Gasteiger partial charge on any atom is -1.00 e. The topological polar surface area (TPSA) is 0 Å². The number of hydrogen-bond acceptors (Lipinski definition) is 0. The maximum absolute atomic E-state index is 2.37. The zero-order valence-corrected chi connectivity index (χ0v) is 10.6. The van der Waals surface area contributed by atoms with Crippen molar-refractivity contribution >= 4 is 0 Å².